The number of rotatable bonds is 4. The van der Waals surface area contributed by atoms with Gasteiger partial charge in [0.15, 0.2) is 0 Å². The molecule has 130 valence electrons. The number of H-pyrrole nitrogens is 2. The van der Waals surface area contributed by atoms with Crippen molar-refractivity contribution in [1.29, 1.82) is 0 Å². The average molecular weight is 388 g/mol. The minimum absolute atomic E-state index is 0. The van der Waals surface area contributed by atoms with Crippen molar-refractivity contribution in [3.63, 3.8) is 0 Å². The molecule has 3 aromatic rings. The topological polar surface area (TPSA) is 100 Å². The third-order valence-corrected chi connectivity index (χ3v) is 5.44. The van der Waals surface area contributed by atoms with Crippen LogP contribution in [0.5, 0.6) is 0 Å². The van der Waals surface area contributed by atoms with Crippen LogP contribution in [0.1, 0.15) is 30.8 Å². The highest BCUT2D eigenvalue weighted by Crippen LogP contribution is 2.36. The van der Waals surface area contributed by atoms with Gasteiger partial charge in [-0.1, -0.05) is 0 Å². The highest BCUT2D eigenvalue weighted by molar-refractivity contribution is 7.22. The van der Waals surface area contributed by atoms with Crippen molar-refractivity contribution >= 4 is 46.4 Å². The van der Waals surface area contributed by atoms with Crippen LogP contribution in [0.15, 0.2) is 17.1 Å². The Hall–Kier alpha value is -1.41. The van der Waals surface area contributed by atoms with E-state index in [4.69, 9.17) is 5.73 Å². The van der Waals surface area contributed by atoms with Crippen molar-refractivity contribution in [2.45, 2.75) is 38.1 Å². The number of fused-ring (bicyclic) bond motifs is 1. The van der Waals surface area contributed by atoms with Gasteiger partial charge < -0.3 is 10.7 Å². The Morgan fingerprint density at radius 1 is 1.38 bits per heavy atom. The first kappa shape index (κ1) is 18.9. The van der Waals surface area contributed by atoms with E-state index in [9.17, 15) is 4.79 Å². The summed E-state index contributed by atoms with van der Waals surface area (Å²) < 4.78 is 0.660. The smallest absolute Gasteiger partial charge is 0.268 e. The van der Waals surface area contributed by atoms with Gasteiger partial charge in [0.05, 0.1) is 11.7 Å². The Morgan fingerprint density at radius 2 is 2.12 bits per heavy atom. The Balaban J connectivity index is 0.00000104. The van der Waals surface area contributed by atoms with Crippen LogP contribution in [0.25, 0.3) is 20.7 Å². The van der Waals surface area contributed by atoms with Crippen molar-refractivity contribution in [2.24, 2.45) is 5.73 Å². The zero-order valence-electron chi connectivity index (χ0n) is 13.1. The zero-order valence-corrected chi connectivity index (χ0v) is 15.5. The summed E-state index contributed by atoms with van der Waals surface area (Å²) in [6, 6.07) is 1.96. The number of aromatic nitrogens is 4. The van der Waals surface area contributed by atoms with Crippen molar-refractivity contribution in [1.82, 2.24) is 20.2 Å². The van der Waals surface area contributed by atoms with Gasteiger partial charge in [-0.05, 0) is 32.3 Å². The second-order valence-corrected chi connectivity index (χ2v) is 7.16. The molecule has 1 fully saturated rings. The SMILES string of the molecule is Cc1[nH]ncc1-c1cc2nc(CCC3(N)CC3)[nH]c(=O)c2s1.Cl.Cl. The molecule has 0 spiro atoms. The molecule has 0 bridgehead atoms. The first-order chi connectivity index (χ1) is 10.5. The monoisotopic (exact) mass is 387 g/mol. The first-order valence-electron chi connectivity index (χ1n) is 7.36. The van der Waals surface area contributed by atoms with Crippen LogP contribution in [-0.4, -0.2) is 25.7 Å². The summed E-state index contributed by atoms with van der Waals surface area (Å²) in [7, 11) is 0. The van der Waals surface area contributed by atoms with Gasteiger partial charge in [-0.25, -0.2) is 4.98 Å². The lowest BCUT2D eigenvalue weighted by atomic mass is 10.1. The van der Waals surface area contributed by atoms with Gasteiger partial charge in [0.25, 0.3) is 5.56 Å². The molecule has 0 aliphatic heterocycles. The van der Waals surface area contributed by atoms with E-state index in [0.717, 1.165) is 53.2 Å². The first-order valence-corrected chi connectivity index (χ1v) is 8.18. The van der Waals surface area contributed by atoms with Crippen LogP contribution in [0, 0.1) is 6.92 Å². The standard InChI is InChI=1S/C15H17N5OS.2ClH/c1-8-9(7-17-20-8)11-6-10-13(22-11)14(21)19-12(18-10)2-3-15(16)4-5-15;;/h6-7H,2-5,16H2,1H3,(H,17,20)(H,18,19,21);2*1H. The van der Waals surface area contributed by atoms with E-state index >= 15 is 0 Å². The Labute approximate surface area is 155 Å². The summed E-state index contributed by atoms with van der Waals surface area (Å²) >= 11 is 1.45. The summed E-state index contributed by atoms with van der Waals surface area (Å²) in [6.45, 7) is 1.96. The van der Waals surface area contributed by atoms with Crippen LogP contribution >= 0.6 is 36.2 Å². The maximum absolute atomic E-state index is 12.3. The van der Waals surface area contributed by atoms with E-state index in [2.05, 4.69) is 20.2 Å². The molecular weight excluding hydrogens is 369 g/mol. The van der Waals surface area contributed by atoms with Crippen LogP contribution in [0.4, 0.5) is 0 Å². The average Bonchev–Trinajstić information content (AvgIpc) is 2.87. The molecule has 0 atom stereocenters. The third-order valence-electron chi connectivity index (χ3n) is 4.28. The lowest BCUT2D eigenvalue weighted by Gasteiger charge is -2.06. The van der Waals surface area contributed by atoms with Crippen molar-refractivity contribution in [2.75, 3.05) is 0 Å². The van der Waals surface area contributed by atoms with E-state index in [1.165, 1.54) is 11.3 Å². The normalized spacial score (nSPS) is 14.9. The predicted molar refractivity (Wildman–Crippen MR) is 102 cm³/mol. The number of hydrogen-bond donors (Lipinski definition) is 3. The fourth-order valence-corrected chi connectivity index (χ4v) is 3.68. The van der Waals surface area contributed by atoms with Crippen LogP contribution in [0.2, 0.25) is 0 Å². The van der Waals surface area contributed by atoms with Crippen molar-refractivity contribution in [3.8, 4) is 10.4 Å². The number of halogens is 2. The summed E-state index contributed by atoms with van der Waals surface area (Å²) in [5.74, 6) is 0.725. The molecule has 0 aromatic carbocycles. The summed E-state index contributed by atoms with van der Waals surface area (Å²) in [4.78, 5) is 20.8. The van der Waals surface area contributed by atoms with E-state index in [1.807, 2.05) is 13.0 Å². The molecule has 3 heterocycles. The number of nitrogens with zero attached hydrogens (tertiary/aromatic N) is 2. The lowest BCUT2D eigenvalue weighted by molar-refractivity contribution is 0.596. The maximum Gasteiger partial charge on any atom is 0.268 e. The molecule has 0 saturated heterocycles. The molecular formula is C15H19Cl2N5OS. The summed E-state index contributed by atoms with van der Waals surface area (Å²) in [5.41, 5.74) is 8.76. The molecule has 0 unspecified atom stereocenters. The number of thiophene rings is 1. The maximum atomic E-state index is 12.3. The molecule has 0 amide bonds. The minimum Gasteiger partial charge on any atom is -0.325 e. The molecule has 4 rings (SSSR count). The molecule has 9 heteroatoms. The molecule has 1 aliphatic rings. The van der Waals surface area contributed by atoms with Gasteiger partial charge in [-0.3, -0.25) is 9.89 Å². The van der Waals surface area contributed by atoms with E-state index in [1.54, 1.807) is 6.20 Å². The van der Waals surface area contributed by atoms with E-state index < -0.39 is 0 Å². The second-order valence-electron chi connectivity index (χ2n) is 6.11. The molecule has 0 radical (unpaired) electrons. The van der Waals surface area contributed by atoms with Crippen molar-refractivity contribution in [3.05, 3.63) is 34.1 Å². The Bertz CT molecular complexity index is 912. The molecule has 1 saturated carbocycles. The summed E-state index contributed by atoms with van der Waals surface area (Å²) in [6.07, 6.45) is 5.51. The Morgan fingerprint density at radius 3 is 2.75 bits per heavy atom. The molecule has 3 aromatic heterocycles. The second kappa shape index (κ2) is 6.84. The van der Waals surface area contributed by atoms with Crippen molar-refractivity contribution < 1.29 is 0 Å². The number of nitrogens with one attached hydrogen (secondary N) is 2. The fraction of sp³-hybridized carbons (Fsp3) is 0.400. The zero-order chi connectivity index (χ0) is 15.3. The van der Waals surface area contributed by atoms with Gasteiger partial charge in [-0.15, -0.1) is 36.2 Å². The van der Waals surface area contributed by atoms with Gasteiger partial charge in [0, 0.05) is 28.1 Å². The number of nitrogens with two attached hydrogens (primary N) is 1. The molecule has 6 nitrogen and oxygen atoms in total. The van der Waals surface area contributed by atoms with E-state index in [-0.39, 0.29) is 35.9 Å². The predicted octanol–water partition coefficient (Wildman–Crippen LogP) is 2.95. The van der Waals surface area contributed by atoms with Crippen LogP contribution in [0.3, 0.4) is 0 Å². The molecule has 24 heavy (non-hydrogen) atoms. The Kier molecular flexibility index (Phi) is 5.39. The van der Waals surface area contributed by atoms with Gasteiger partial charge >= 0.3 is 0 Å². The quantitative estimate of drug-likeness (QED) is 0.640. The minimum atomic E-state index is -0.0701. The number of aromatic amines is 2. The number of aryl methyl sites for hydroxylation is 2. The van der Waals surface area contributed by atoms with Gasteiger partial charge in [0.1, 0.15) is 10.5 Å². The molecule has 4 N–H and O–H groups in total. The molecule has 1 aliphatic carbocycles. The van der Waals surface area contributed by atoms with Crippen LogP contribution in [-0.2, 0) is 6.42 Å². The highest BCUT2D eigenvalue weighted by atomic mass is 35.5. The van der Waals surface area contributed by atoms with Crippen LogP contribution < -0.4 is 11.3 Å². The van der Waals surface area contributed by atoms with Gasteiger partial charge in [-0.2, -0.15) is 5.10 Å². The van der Waals surface area contributed by atoms with E-state index in [0.29, 0.717) is 4.70 Å². The fourth-order valence-electron chi connectivity index (χ4n) is 2.62. The van der Waals surface area contributed by atoms with Gasteiger partial charge in [0.2, 0.25) is 0 Å². The summed E-state index contributed by atoms with van der Waals surface area (Å²) in [5, 5.41) is 6.95. The third kappa shape index (κ3) is 3.49. The highest BCUT2D eigenvalue weighted by Gasteiger charge is 2.37. The largest absolute Gasteiger partial charge is 0.325 e. The lowest BCUT2D eigenvalue weighted by Crippen LogP contribution is -2.23. The number of hydrogen-bond acceptors (Lipinski definition) is 5.